The third-order valence-electron chi connectivity index (χ3n) is 2.98. The summed E-state index contributed by atoms with van der Waals surface area (Å²) < 4.78 is 4.68. The van der Waals surface area contributed by atoms with Crippen LogP contribution in [0.25, 0.3) is 0 Å². The van der Waals surface area contributed by atoms with Crippen LogP contribution in [-0.4, -0.2) is 19.1 Å². The van der Waals surface area contributed by atoms with Crippen molar-refractivity contribution in [1.82, 2.24) is 5.32 Å². The molecule has 1 atom stereocenters. The van der Waals surface area contributed by atoms with E-state index >= 15 is 0 Å². The van der Waals surface area contributed by atoms with Crippen LogP contribution in [0.15, 0.2) is 12.1 Å². The number of esters is 1. The quantitative estimate of drug-likeness (QED) is 0.814. The Kier molecular flexibility index (Phi) is 4.70. The number of benzene rings is 1. The van der Waals surface area contributed by atoms with E-state index in [1.54, 1.807) is 0 Å². The van der Waals surface area contributed by atoms with Crippen LogP contribution in [0.1, 0.15) is 29.2 Å². The van der Waals surface area contributed by atoms with E-state index in [4.69, 9.17) is 0 Å². The number of nitrogens with one attached hydrogen (secondary N) is 1. The number of hydrogen-bond acceptors (Lipinski definition) is 3. The van der Waals surface area contributed by atoms with Crippen LogP contribution >= 0.6 is 0 Å². The van der Waals surface area contributed by atoms with Gasteiger partial charge < -0.3 is 10.1 Å². The largest absolute Gasteiger partial charge is 0.468 e. The fraction of sp³-hybridized carbons (Fsp3) is 0.500. The maximum absolute atomic E-state index is 11.3. The first-order chi connectivity index (χ1) is 7.95. The van der Waals surface area contributed by atoms with E-state index in [1.165, 1.54) is 29.4 Å². The molecule has 1 aromatic carbocycles. The topological polar surface area (TPSA) is 38.3 Å². The van der Waals surface area contributed by atoms with Crippen molar-refractivity contribution in [3.8, 4) is 0 Å². The molecule has 94 valence electrons. The normalized spacial score (nSPS) is 12.3. The number of methoxy groups -OCH3 is 1. The van der Waals surface area contributed by atoms with E-state index in [0.717, 1.165) is 0 Å². The summed E-state index contributed by atoms with van der Waals surface area (Å²) in [4.78, 5) is 11.3. The Morgan fingerprint density at radius 2 is 1.82 bits per heavy atom. The second-order valence-electron chi connectivity index (χ2n) is 4.50. The second-order valence-corrected chi connectivity index (χ2v) is 4.50. The van der Waals surface area contributed by atoms with Crippen molar-refractivity contribution in [2.45, 2.75) is 40.3 Å². The van der Waals surface area contributed by atoms with Crippen LogP contribution in [0.3, 0.4) is 0 Å². The molecular weight excluding hydrogens is 214 g/mol. The lowest BCUT2D eigenvalue weighted by molar-refractivity contribution is -0.142. The van der Waals surface area contributed by atoms with Gasteiger partial charge in [0.2, 0.25) is 0 Å². The van der Waals surface area contributed by atoms with Gasteiger partial charge in [0.05, 0.1) is 7.11 Å². The summed E-state index contributed by atoms with van der Waals surface area (Å²) in [5.41, 5.74) is 5.04. The van der Waals surface area contributed by atoms with E-state index in [9.17, 15) is 4.79 Å². The fourth-order valence-corrected chi connectivity index (χ4v) is 2.00. The predicted octanol–water partition coefficient (Wildman–Crippen LogP) is 2.26. The van der Waals surface area contributed by atoms with Gasteiger partial charge in [-0.3, -0.25) is 4.79 Å². The molecule has 3 heteroatoms. The minimum atomic E-state index is -0.278. The molecule has 0 aliphatic carbocycles. The molecule has 1 N–H and O–H groups in total. The highest BCUT2D eigenvalue weighted by atomic mass is 16.5. The van der Waals surface area contributed by atoms with Crippen molar-refractivity contribution in [2.75, 3.05) is 7.11 Å². The molecule has 0 fully saturated rings. The molecule has 0 radical (unpaired) electrons. The molecule has 0 aromatic heterocycles. The van der Waals surface area contributed by atoms with Gasteiger partial charge in [0.25, 0.3) is 0 Å². The van der Waals surface area contributed by atoms with Gasteiger partial charge in [-0.05, 0) is 44.4 Å². The number of rotatable bonds is 4. The molecule has 0 aliphatic heterocycles. The molecule has 17 heavy (non-hydrogen) atoms. The van der Waals surface area contributed by atoms with Gasteiger partial charge in [-0.2, -0.15) is 0 Å². The molecule has 3 nitrogen and oxygen atoms in total. The summed E-state index contributed by atoms with van der Waals surface area (Å²) >= 11 is 0. The first-order valence-corrected chi connectivity index (χ1v) is 5.83. The van der Waals surface area contributed by atoms with Crippen molar-refractivity contribution in [3.05, 3.63) is 34.4 Å². The number of carbonyl (C=O) groups excluding carboxylic acids is 1. The highest BCUT2D eigenvalue weighted by Gasteiger charge is 2.13. The molecule has 0 heterocycles. The van der Waals surface area contributed by atoms with Gasteiger partial charge >= 0.3 is 5.97 Å². The predicted molar refractivity (Wildman–Crippen MR) is 69.0 cm³/mol. The van der Waals surface area contributed by atoms with Gasteiger partial charge in [0, 0.05) is 6.54 Å². The fourth-order valence-electron chi connectivity index (χ4n) is 2.00. The minimum absolute atomic E-state index is 0.229. The Hall–Kier alpha value is -1.35. The lowest BCUT2D eigenvalue weighted by Crippen LogP contribution is -2.34. The van der Waals surface area contributed by atoms with Gasteiger partial charge in [0.15, 0.2) is 0 Å². The molecule has 0 aliphatic rings. The third kappa shape index (κ3) is 3.56. The van der Waals surface area contributed by atoms with Crippen LogP contribution in [-0.2, 0) is 16.1 Å². The molecule has 0 bridgehead atoms. The standard InChI is InChI=1S/C14H21NO2/c1-9-6-10(2)13(11(3)7-9)8-15-12(4)14(16)17-5/h6-7,12,15H,8H2,1-5H3. The molecule has 0 saturated carbocycles. The average Bonchev–Trinajstić information content (AvgIpc) is 2.26. The molecule has 1 unspecified atom stereocenters. The summed E-state index contributed by atoms with van der Waals surface area (Å²) in [6.45, 7) is 8.78. The summed E-state index contributed by atoms with van der Waals surface area (Å²) in [6.07, 6.45) is 0. The molecular formula is C14H21NO2. The second kappa shape index (κ2) is 5.82. The van der Waals surface area contributed by atoms with Crippen molar-refractivity contribution >= 4 is 5.97 Å². The lowest BCUT2D eigenvalue weighted by Gasteiger charge is -2.15. The molecule has 0 spiro atoms. The highest BCUT2D eigenvalue weighted by Crippen LogP contribution is 2.16. The smallest absolute Gasteiger partial charge is 0.322 e. The van der Waals surface area contributed by atoms with Crippen LogP contribution in [0, 0.1) is 20.8 Å². The molecule has 1 aromatic rings. The van der Waals surface area contributed by atoms with E-state index < -0.39 is 0 Å². The molecule has 1 rings (SSSR count). The maximum atomic E-state index is 11.3. The van der Waals surface area contributed by atoms with Crippen molar-refractivity contribution < 1.29 is 9.53 Å². The highest BCUT2D eigenvalue weighted by molar-refractivity contribution is 5.75. The van der Waals surface area contributed by atoms with Crippen molar-refractivity contribution in [3.63, 3.8) is 0 Å². The Bertz CT molecular complexity index is 390. The zero-order valence-electron chi connectivity index (χ0n) is 11.3. The van der Waals surface area contributed by atoms with Gasteiger partial charge in [-0.15, -0.1) is 0 Å². The Balaban J connectivity index is 2.73. The number of aryl methyl sites for hydroxylation is 3. The average molecular weight is 235 g/mol. The van der Waals surface area contributed by atoms with Gasteiger partial charge in [0.1, 0.15) is 6.04 Å². The number of hydrogen-bond donors (Lipinski definition) is 1. The van der Waals surface area contributed by atoms with E-state index in [-0.39, 0.29) is 12.0 Å². The maximum Gasteiger partial charge on any atom is 0.322 e. The zero-order chi connectivity index (χ0) is 13.0. The van der Waals surface area contributed by atoms with Gasteiger partial charge in [-0.25, -0.2) is 0 Å². The minimum Gasteiger partial charge on any atom is -0.468 e. The molecule has 0 saturated heterocycles. The number of ether oxygens (including phenoxy) is 1. The van der Waals surface area contributed by atoms with Crippen molar-refractivity contribution in [2.24, 2.45) is 0 Å². The first-order valence-electron chi connectivity index (χ1n) is 5.83. The van der Waals surface area contributed by atoms with Crippen molar-refractivity contribution in [1.29, 1.82) is 0 Å². The van der Waals surface area contributed by atoms with E-state index in [0.29, 0.717) is 6.54 Å². The monoisotopic (exact) mass is 235 g/mol. The van der Waals surface area contributed by atoms with Crippen LogP contribution < -0.4 is 5.32 Å². The van der Waals surface area contributed by atoms with Crippen LogP contribution in [0.2, 0.25) is 0 Å². The SMILES string of the molecule is COC(=O)C(C)NCc1c(C)cc(C)cc1C. The van der Waals surface area contributed by atoms with Gasteiger partial charge in [-0.1, -0.05) is 17.7 Å². The zero-order valence-corrected chi connectivity index (χ0v) is 11.3. The van der Waals surface area contributed by atoms with Crippen LogP contribution in [0.4, 0.5) is 0 Å². The van der Waals surface area contributed by atoms with E-state index in [1.807, 2.05) is 6.92 Å². The molecule has 0 amide bonds. The van der Waals surface area contributed by atoms with Crippen LogP contribution in [0.5, 0.6) is 0 Å². The number of carbonyl (C=O) groups is 1. The third-order valence-corrected chi connectivity index (χ3v) is 2.98. The van der Waals surface area contributed by atoms with E-state index in [2.05, 4.69) is 43.0 Å². The Labute approximate surface area is 103 Å². The first kappa shape index (κ1) is 13.7. The summed E-state index contributed by atoms with van der Waals surface area (Å²) in [5, 5.41) is 3.18. The Morgan fingerprint density at radius 3 is 2.29 bits per heavy atom. The summed E-state index contributed by atoms with van der Waals surface area (Å²) in [6, 6.07) is 4.04. The summed E-state index contributed by atoms with van der Waals surface area (Å²) in [5.74, 6) is -0.229. The summed E-state index contributed by atoms with van der Waals surface area (Å²) in [7, 11) is 1.41. The lowest BCUT2D eigenvalue weighted by atomic mass is 9.99. The Morgan fingerprint density at radius 1 is 1.29 bits per heavy atom.